The van der Waals surface area contributed by atoms with Crippen molar-refractivity contribution in [1.29, 1.82) is 0 Å². The van der Waals surface area contributed by atoms with Crippen molar-refractivity contribution in [2.24, 2.45) is 11.8 Å². The van der Waals surface area contributed by atoms with Gasteiger partial charge in [-0.1, -0.05) is 19.8 Å². The van der Waals surface area contributed by atoms with Crippen LogP contribution in [0, 0.1) is 44.5 Å². The van der Waals surface area contributed by atoms with E-state index in [4.69, 9.17) is 10.5 Å². The van der Waals surface area contributed by atoms with Crippen LogP contribution in [-0.2, 0) is 16.1 Å². The van der Waals surface area contributed by atoms with E-state index in [1.54, 1.807) is 12.4 Å². The Kier molecular flexibility index (Phi) is 12.8. The molecule has 1 saturated carbocycles. The van der Waals surface area contributed by atoms with Crippen LogP contribution >= 0.6 is 0 Å². The summed E-state index contributed by atoms with van der Waals surface area (Å²) in [6, 6.07) is 0. The molecule has 0 aromatic carbocycles. The largest absolute Gasteiger partial charge is 0.382 e. The van der Waals surface area contributed by atoms with Crippen LogP contribution < -0.4 is 5.73 Å². The van der Waals surface area contributed by atoms with Gasteiger partial charge in [0.1, 0.15) is 18.0 Å². The number of carbonyl (C=O) groups excluding carboxylic acids is 1. The molecule has 39 heavy (non-hydrogen) atoms. The standard InChI is InChI=1S/C13H23NO2.C12H13N7.2C2H2/c1-2-12(11-5-3-4-6-11)13(15)14-7-9-16-10-8-14;1-3-19-11(8-4-14-7(2)15-5-8)18-9-10(13)16-6-17-12(9)19;2*1-2/h11-12H,2-10H2,1H3;4-6H,3H2,1-2H3,(H2,13,16,17);2*1-2H/t12-;;;/m0.../s1. The number of amides is 1. The Morgan fingerprint density at radius 1 is 1.05 bits per heavy atom. The third-order valence-electron chi connectivity index (χ3n) is 6.96. The first-order valence-electron chi connectivity index (χ1n) is 13.3. The highest BCUT2D eigenvalue weighted by Gasteiger charge is 2.32. The van der Waals surface area contributed by atoms with Crippen molar-refractivity contribution < 1.29 is 9.53 Å². The number of aryl methyl sites for hydroxylation is 2. The van der Waals surface area contributed by atoms with Gasteiger partial charge in [-0.2, -0.15) is 0 Å². The van der Waals surface area contributed by atoms with E-state index in [-0.39, 0.29) is 5.92 Å². The van der Waals surface area contributed by atoms with Gasteiger partial charge in [0.2, 0.25) is 5.91 Å². The molecular formula is C29H40N8O2. The Labute approximate surface area is 231 Å². The Balaban J connectivity index is 0.000000246. The van der Waals surface area contributed by atoms with E-state index < -0.39 is 0 Å². The summed E-state index contributed by atoms with van der Waals surface area (Å²) in [5.41, 5.74) is 8.01. The molecule has 1 saturated heterocycles. The van der Waals surface area contributed by atoms with Gasteiger partial charge in [0.15, 0.2) is 17.0 Å². The predicted octanol–water partition coefficient (Wildman–Crippen LogP) is 3.75. The number of ether oxygens (including phenoxy) is 1. The Morgan fingerprint density at radius 2 is 1.67 bits per heavy atom. The second-order valence-corrected chi connectivity index (χ2v) is 9.13. The number of fused-ring (bicyclic) bond motifs is 1. The highest BCUT2D eigenvalue weighted by atomic mass is 16.5. The summed E-state index contributed by atoms with van der Waals surface area (Å²) < 4.78 is 7.27. The molecule has 0 spiro atoms. The van der Waals surface area contributed by atoms with Crippen LogP contribution in [0.4, 0.5) is 5.82 Å². The van der Waals surface area contributed by atoms with Crippen molar-refractivity contribution >= 4 is 22.9 Å². The number of nitrogen functional groups attached to an aromatic ring is 1. The van der Waals surface area contributed by atoms with Crippen molar-refractivity contribution in [2.75, 3.05) is 32.0 Å². The lowest BCUT2D eigenvalue weighted by atomic mass is 9.87. The zero-order valence-corrected chi connectivity index (χ0v) is 23.3. The van der Waals surface area contributed by atoms with Gasteiger partial charge in [-0.25, -0.2) is 24.9 Å². The zero-order chi connectivity index (χ0) is 28.8. The van der Waals surface area contributed by atoms with E-state index in [2.05, 4.69) is 57.5 Å². The molecule has 2 aliphatic rings. The molecule has 10 heteroatoms. The fourth-order valence-corrected chi connectivity index (χ4v) is 5.07. The summed E-state index contributed by atoms with van der Waals surface area (Å²) in [4.78, 5) is 35.5. The first-order chi connectivity index (χ1) is 19.0. The quantitative estimate of drug-likeness (QED) is 0.493. The minimum absolute atomic E-state index is 0.278. The number of nitrogens with zero attached hydrogens (tertiary/aromatic N) is 7. The van der Waals surface area contributed by atoms with Gasteiger partial charge in [0, 0.05) is 37.9 Å². The van der Waals surface area contributed by atoms with Gasteiger partial charge in [-0.3, -0.25) is 4.79 Å². The van der Waals surface area contributed by atoms with E-state index in [0.717, 1.165) is 48.9 Å². The van der Waals surface area contributed by atoms with Crippen LogP contribution in [0.5, 0.6) is 0 Å². The summed E-state index contributed by atoms with van der Waals surface area (Å²) in [7, 11) is 0. The molecule has 1 aliphatic heterocycles. The lowest BCUT2D eigenvalue weighted by Gasteiger charge is -2.32. The average molecular weight is 533 g/mol. The first-order valence-corrected chi connectivity index (χ1v) is 13.3. The molecule has 3 aromatic rings. The van der Waals surface area contributed by atoms with Crippen molar-refractivity contribution in [2.45, 2.75) is 59.4 Å². The Bertz CT molecular complexity index is 1200. The number of carbonyl (C=O) groups is 1. The first kappa shape index (κ1) is 31.2. The van der Waals surface area contributed by atoms with Gasteiger partial charge in [0.05, 0.1) is 18.8 Å². The maximum absolute atomic E-state index is 12.4. The maximum Gasteiger partial charge on any atom is 0.226 e. The van der Waals surface area contributed by atoms with Gasteiger partial charge >= 0.3 is 0 Å². The van der Waals surface area contributed by atoms with Crippen LogP contribution in [0.3, 0.4) is 0 Å². The van der Waals surface area contributed by atoms with Crippen LogP contribution in [-0.4, -0.2) is 66.6 Å². The van der Waals surface area contributed by atoms with Crippen molar-refractivity contribution in [1.82, 2.24) is 34.4 Å². The van der Waals surface area contributed by atoms with Crippen molar-refractivity contribution in [3.05, 3.63) is 24.5 Å². The van der Waals surface area contributed by atoms with Gasteiger partial charge in [0.25, 0.3) is 0 Å². The van der Waals surface area contributed by atoms with Crippen LogP contribution in [0.1, 0.15) is 51.8 Å². The highest BCUT2D eigenvalue weighted by molar-refractivity contribution is 5.85. The maximum atomic E-state index is 12.4. The predicted molar refractivity (Wildman–Crippen MR) is 154 cm³/mol. The summed E-state index contributed by atoms with van der Waals surface area (Å²) in [5.74, 6) is 3.18. The molecule has 10 nitrogen and oxygen atoms in total. The second-order valence-electron chi connectivity index (χ2n) is 9.13. The third kappa shape index (κ3) is 7.75. The number of nitrogens with two attached hydrogens (primary N) is 1. The molecule has 1 aliphatic carbocycles. The topological polar surface area (TPSA) is 125 Å². The molecule has 0 radical (unpaired) electrons. The molecule has 0 unspecified atom stereocenters. The lowest BCUT2D eigenvalue weighted by molar-refractivity contribution is -0.141. The molecule has 1 amide bonds. The zero-order valence-electron chi connectivity index (χ0n) is 23.3. The average Bonchev–Trinajstić information content (AvgIpc) is 3.66. The molecule has 3 aromatic heterocycles. The van der Waals surface area contributed by atoms with Crippen LogP contribution in [0.2, 0.25) is 0 Å². The summed E-state index contributed by atoms with van der Waals surface area (Å²) >= 11 is 0. The normalized spacial score (nSPS) is 15.6. The summed E-state index contributed by atoms with van der Waals surface area (Å²) in [6.45, 7) is 9.77. The molecule has 1 atom stereocenters. The van der Waals surface area contributed by atoms with E-state index in [1.165, 1.54) is 32.0 Å². The van der Waals surface area contributed by atoms with Crippen LogP contribution in [0.25, 0.3) is 22.6 Å². The highest BCUT2D eigenvalue weighted by Crippen LogP contribution is 2.34. The number of aromatic nitrogens is 6. The number of imidazole rings is 1. The van der Waals surface area contributed by atoms with E-state index in [9.17, 15) is 4.79 Å². The minimum atomic E-state index is 0.278. The fourth-order valence-electron chi connectivity index (χ4n) is 5.07. The smallest absolute Gasteiger partial charge is 0.226 e. The number of rotatable bonds is 5. The van der Waals surface area contributed by atoms with Crippen LogP contribution in [0.15, 0.2) is 18.7 Å². The van der Waals surface area contributed by atoms with Gasteiger partial charge < -0.3 is 19.9 Å². The molecular weight excluding hydrogens is 492 g/mol. The van der Waals surface area contributed by atoms with E-state index in [1.807, 2.05) is 23.3 Å². The lowest BCUT2D eigenvalue weighted by Crippen LogP contribution is -2.45. The molecule has 5 rings (SSSR count). The number of hydrogen-bond acceptors (Lipinski definition) is 8. The Hall–Kier alpha value is -4.02. The summed E-state index contributed by atoms with van der Waals surface area (Å²) in [6.07, 6.45) is 27.1. The molecule has 2 N–H and O–H groups in total. The SMILES string of the molecule is C#C.C#C.CC[C@H](C(=O)N1CCOCC1)C1CCCC1.CCn1c(-c2cnc(C)nc2)nc2c(N)ncnc21. The minimum Gasteiger partial charge on any atom is -0.382 e. The number of anilines is 1. The molecule has 208 valence electrons. The van der Waals surface area contributed by atoms with E-state index in [0.29, 0.717) is 36.4 Å². The van der Waals surface area contributed by atoms with E-state index >= 15 is 0 Å². The van der Waals surface area contributed by atoms with Crippen molar-refractivity contribution in [3.63, 3.8) is 0 Å². The fraction of sp³-hybridized carbons (Fsp3) is 0.517. The third-order valence-corrected chi connectivity index (χ3v) is 6.96. The number of terminal acetylenes is 2. The second kappa shape index (κ2) is 16.1. The Morgan fingerprint density at radius 3 is 2.23 bits per heavy atom. The van der Waals surface area contributed by atoms with Gasteiger partial charge in [-0.05, 0) is 39.0 Å². The summed E-state index contributed by atoms with van der Waals surface area (Å²) in [5, 5.41) is 0. The number of hydrogen-bond donors (Lipinski definition) is 1. The van der Waals surface area contributed by atoms with Crippen molar-refractivity contribution in [3.8, 4) is 37.1 Å². The van der Waals surface area contributed by atoms with Gasteiger partial charge in [-0.15, -0.1) is 25.7 Å². The molecule has 2 fully saturated rings. The molecule has 0 bridgehead atoms. The number of morpholine rings is 1. The monoisotopic (exact) mass is 532 g/mol. The molecule has 4 heterocycles.